The lowest BCUT2D eigenvalue weighted by molar-refractivity contribution is 0.349. The number of hydrogen-bond donors (Lipinski definition) is 2. The van der Waals surface area contributed by atoms with Gasteiger partial charge in [0.2, 0.25) is 0 Å². The van der Waals surface area contributed by atoms with Crippen molar-refractivity contribution in [3.05, 3.63) is 29.3 Å². The predicted molar refractivity (Wildman–Crippen MR) is 67.5 cm³/mol. The molecule has 3 nitrogen and oxygen atoms in total. The van der Waals surface area contributed by atoms with Crippen LogP contribution >= 0.6 is 0 Å². The highest BCUT2D eigenvalue weighted by atomic mass is 19.1. The van der Waals surface area contributed by atoms with E-state index in [1.165, 1.54) is 7.11 Å². The van der Waals surface area contributed by atoms with Crippen molar-refractivity contribution in [2.75, 3.05) is 20.2 Å². The third-order valence-corrected chi connectivity index (χ3v) is 2.79. The zero-order valence-electron chi connectivity index (χ0n) is 11.0. The summed E-state index contributed by atoms with van der Waals surface area (Å²) in [6, 6.07) is 2.21. The highest BCUT2D eigenvalue weighted by Crippen LogP contribution is 2.21. The van der Waals surface area contributed by atoms with Gasteiger partial charge in [-0.15, -0.1) is 0 Å². The molecule has 0 amide bonds. The summed E-state index contributed by atoms with van der Waals surface area (Å²) in [5.74, 6) is -1.13. The molecule has 0 saturated carbocycles. The number of nitrogens with one attached hydrogen (secondary N) is 1. The van der Waals surface area contributed by atoms with E-state index in [0.29, 0.717) is 13.1 Å². The Labute approximate surface area is 106 Å². The van der Waals surface area contributed by atoms with Gasteiger partial charge >= 0.3 is 0 Å². The second-order valence-electron chi connectivity index (χ2n) is 5.05. The Hall–Kier alpha value is -1.20. The van der Waals surface area contributed by atoms with Gasteiger partial charge < -0.3 is 15.8 Å². The molecule has 1 aromatic rings. The lowest BCUT2D eigenvalue weighted by Crippen LogP contribution is -2.35. The Balaban J connectivity index is 2.66. The quantitative estimate of drug-likeness (QED) is 0.821. The molecular weight excluding hydrogens is 238 g/mol. The van der Waals surface area contributed by atoms with Crippen LogP contribution in [0.3, 0.4) is 0 Å². The molecule has 0 aliphatic rings. The van der Waals surface area contributed by atoms with Crippen LogP contribution in [0.1, 0.15) is 19.4 Å². The number of hydrogen-bond acceptors (Lipinski definition) is 3. The maximum absolute atomic E-state index is 13.6. The minimum Gasteiger partial charge on any atom is -0.494 e. The van der Waals surface area contributed by atoms with Crippen molar-refractivity contribution in [2.45, 2.75) is 20.4 Å². The first-order valence-electron chi connectivity index (χ1n) is 5.82. The summed E-state index contributed by atoms with van der Waals surface area (Å²) in [4.78, 5) is 0. The number of methoxy groups -OCH3 is 1. The summed E-state index contributed by atoms with van der Waals surface area (Å²) in [5.41, 5.74) is 5.80. The monoisotopic (exact) mass is 258 g/mol. The summed E-state index contributed by atoms with van der Waals surface area (Å²) in [6.45, 7) is 5.43. The van der Waals surface area contributed by atoms with E-state index in [4.69, 9.17) is 10.5 Å². The van der Waals surface area contributed by atoms with E-state index >= 15 is 0 Å². The molecular formula is C13H20F2N2O. The molecule has 18 heavy (non-hydrogen) atoms. The van der Waals surface area contributed by atoms with Crippen molar-refractivity contribution in [2.24, 2.45) is 11.1 Å². The lowest BCUT2D eigenvalue weighted by Gasteiger charge is -2.22. The molecule has 0 spiro atoms. The van der Waals surface area contributed by atoms with Gasteiger partial charge in [-0.05, 0) is 18.0 Å². The first kappa shape index (κ1) is 14.9. The van der Waals surface area contributed by atoms with E-state index in [1.54, 1.807) is 0 Å². The molecule has 0 bridgehead atoms. The van der Waals surface area contributed by atoms with Crippen LogP contribution in [0, 0.1) is 17.0 Å². The van der Waals surface area contributed by atoms with E-state index in [-0.39, 0.29) is 23.3 Å². The van der Waals surface area contributed by atoms with Crippen LogP contribution in [-0.2, 0) is 6.54 Å². The summed E-state index contributed by atoms with van der Waals surface area (Å²) in [6.07, 6.45) is 0. The van der Waals surface area contributed by atoms with Gasteiger partial charge in [0.25, 0.3) is 0 Å². The minimum atomic E-state index is -0.561. The second-order valence-corrected chi connectivity index (χ2v) is 5.05. The number of ether oxygens (including phenoxy) is 1. The zero-order valence-corrected chi connectivity index (χ0v) is 11.0. The summed E-state index contributed by atoms with van der Waals surface area (Å²) < 4.78 is 31.7. The normalized spacial score (nSPS) is 11.7. The zero-order chi connectivity index (χ0) is 13.8. The van der Waals surface area contributed by atoms with Crippen LogP contribution < -0.4 is 15.8 Å². The van der Waals surface area contributed by atoms with Crippen LogP contribution in [0.15, 0.2) is 12.1 Å². The molecule has 0 aliphatic carbocycles. The van der Waals surface area contributed by atoms with Gasteiger partial charge in [0, 0.05) is 24.7 Å². The molecule has 0 atom stereocenters. The maximum atomic E-state index is 13.6. The molecule has 0 fully saturated rings. The van der Waals surface area contributed by atoms with Crippen molar-refractivity contribution in [1.29, 1.82) is 0 Å². The Morgan fingerprint density at radius 2 is 1.94 bits per heavy atom. The fourth-order valence-electron chi connectivity index (χ4n) is 1.47. The molecule has 0 unspecified atom stereocenters. The molecule has 0 radical (unpaired) electrons. The Morgan fingerprint density at radius 1 is 1.28 bits per heavy atom. The minimum absolute atomic E-state index is 0.0680. The van der Waals surface area contributed by atoms with E-state index in [0.717, 1.165) is 12.1 Å². The molecule has 5 heteroatoms. The standard InChI is InChI=1S/C13H20F2N2O/c1-13(2,7-16)8-17-6-9-4-11(15)12(18-3)5-10(9)14/h4-5,17H,6-8,16H2,1-3H3. The maximum Gasteiger partial charge on any atom is 0.165 e. The molecule has 1 rings (SSSR count). The summed E-state index contributed by atoms with van der Waals surface area (Å²) in [5, 5.41) is 3.07. The average Bonchev–Trinajstić information content (AvgIpc) is 2.33. The molecule has 0 saturated heterocycles. The SMILES string of the molecule is COc1cc(F)c(CNCC(C)(C)CN)cc1F. The van der Waals surface area contributed by atoms with Crippen LogP contribution in [0.25, 0.3) is 0 Å². The average molecular weight is 258 g/mol. The van der Waals surface area contributed by atoms with Crippen LogP contribution in [0.5, 0.6) is 5.75 Å². The fraction of sp³-hybridized carbons (Fsp3) is 0.538. The fourth-order valence-corrected chi connectivity index (χ4v) is 1.47. The van der Waals surface area contributed by atoms with E-state index in [2.05, 4.69) is 5.32 Å². The third-order valence-electron chi connectivity index (χ3n) is 2.79. The van der Waals surface area contributed by atoms with Gasteiger partial charge in [0.15, 0.2) is 11.6 Å². The van der Waals surface area contributed by atoms with Gasteiger partial charge in [-0.25, -0.2) is 8.78 Å². The van der Waals surface area contributed by atoms with Crippen molar-refractivity contribution in [3.8, 4) is 5.75 Å². The van der Waals surface area contributed by atoms with Crippen molar-refractivity contribution in [1.82, 2.24) is 5.32 Å². The molecule has 0 aliphatic heterocycles. The Kier molecular flexibility index (Phi) is 5.04. The van der Waals surface area contributed by atoms with E-state index in [9.17, 15) is 8.78 Å². The number of benzene rings is 1. The smallest absolute Gasteiger partial charge is 0.165 e. The highest BCUT2D eigenvalue weighted by Gasteiger charge is 2.15. The number of halogens is 2. The predicted octanol–water partition coefficient (Wildman–Crippen LogP) is 2.05. The van der Waals surface area contributed by atoms with Gasteiger partial charge in [0.05, 0.1) is 7.11 Å². The molecule has 0 aromatic heterocycles. The van der Waals surface area contributed by atoms with Gasteiger partial charge in [0.1, 0.15) is 5.82 Å². The van der Waals surface area contributed by atoms with Crippen LogP contribution in [-0.4, -0.2) is 20.2 Å². The largest absolute Gasteiger partial charge is 0.494 e. The highest BCUT2D eigenvalue weighted by molar-refractivity contribution is 5.30. The second kappa shape index (κ2) is 6.11. The molecule has 0 heterocycles. The van der Waals surface area contributed by atoms with Crippen molar-refractivity contribution in [3.63, 3.8) is 0 Å². The Morgan fingerprint density at radius 3 is 2.50 bits per heavy atom. The molecule has 1 aromatic carbocycles. The molecule has 3 N–H and O–H groups in total. The number of nitrogens with two attached hydrogens (primary N) is 1. The number of rotatable bonds is 6. The van der Waals surface area contributed by atoms with Crippen molar-refractivity contribution >= 4 is 0 Å². The van der Waals surface area contributed by atoms with Crippen molar-refractivity contribution < 1.29 is 13.5 Å². The first-order valence-corrected chi connectivity index (χ1v) is 5.82. The lowest BCUT2D eigenvalue weighted by atomic mass is 9.94. The van der Waals surface area contributed by atoms with E-state index < -0.39 is 11.6 Å². The van der Waals surface area contributed by atoms with Crippen LogP contribution in [0.4, 0.5) is 8.78 Å². The first-order chi connectivity index (χ1) is 8.39. The van der Waals surface area contributed by atoms with Gasteiger partial charge in [-0.2, -0.15) is 0 Å². The summed E-state index contributed by atoms with van der Waals surface area (Å²) in [7, 11) is 1.31. The van der Waals surface area contributed by atoms with Gasteiger partial charge in [-0.3, -0.25) is 0 Å². The molecule has 102 valence electrons. The topological polar surface area (TPSA) is 47.3 Å². The summed E-state index contributed by atoms with van der Waals surface area (Å²) >= 11 is 0. The van der Waals surface area contributed by atoms with Gasteiger partial charge in [-0.1, -0.05) is 13.8 Å². The Bertz CT molecular complexity index is 408. The van der Waals surface area contributed by atoms with E-state index in [1.807, 2.05) is 13.8 Å². The third kappa shape index (κ3) is 3.92. The van der Waals surface area contributed by atoms with Crippen LogP contribution in [0.2, 0.25) is 0 Å².